The number of piperidine rings is 1. The van der Waals surface area contributed by atoms with E-state index < -0.39 is 12.0 Å². The molecular weight excluding hydrogens is 384 g/mol. The van der Waals surface area contributed by atoms with Crippen LogP contribution in [-0.2, 0) is 10.5 Å². The Bertz CT molecular complexity index is 804. The van der Waals surface area contributed by atoms with E-state index in [0.29, 0.717) is 46.4 Å². The van der Waals surface area contributed by atoms with Crippen molar-refractivity contribution < 1.29 is 18.3 Å². The summed E-state index contributed by atoms with van der Waals surface area (Å²) >= 11 is 1.82. The second-order valence-corrected chi connectivity index (χ2v) is 8.62. The van der Waals surface area contributed by atoms with Crippen molar-refractivity contribution in [1.82, 2.24) is 15.3 Å². The van der Waals surface area contributed by atoms with Crippen LogP contribution in [0, 0.1) is 11.7 Å². The van der Waals surface area contributed by atoms with Crippen molar-refractivity contribution >= 4 is 22.7 Å². The minimum atomic E-state index is -0.935. The third-order valence-electron chi connectivity index (χ3n) is 5.30. The lowest BCUT2D eigenvalue weighted by Gasteiger charge is -2.26. The number of rotatable bonds is 6. The first-order valence-corrected chi connectivity index (χ1v) is 10.9. The van der Waals surface area contributed by atoms with Crippen LogP contribution in [-0.4, -0.2) is 54.3 Å². The molecule has 0 bridgehead atoms. The summed E-state index contributed by atoms with van der Waals surface area (Å²) in [6, 6.07) is 3.05. The minimum absolute atomic E-state index is 0.170. The monoisotopic (exact) mass is 409 g/mol. The molecule has 0 aliphatic carbocycles. The van der Waals surface area contributed by atoms with E-state index in [2.05, 4.69) is 15.3 Å². The summed E-state index contributed by atoms with van der Waals surface area (Å²) in [5.41, 5.74) is 0.523. The molecular formula is C20H25F2N3O2S. The van der Waals surface area contributed by atoms with Gasteiger partial charge in [0.05, 0.1) is 23.3 Å². The number of nitrogens with one attached hydrogen (secondary N) is 1. The number of hydrogen-bond acceptors (Lipinski definition) is 6. The number of ether oxygens (including phenoxy) is 2. The van der Waals surface area contributed by atoms with E-state index in [9.17, 15) is 8.78 Å². The zero-order valence-electron chi connectivity index (χ0n) is 15.7. The average molecular weight is 410 g/mol. The molecule has 2 fully saturated rings. The molecule has 2 saturated heterocycles. The Morgan fingerprint density at radius 1 is 1.25 bits per heavy atom. The SMILES string of the molecule is Fc1cc(OC[C@@H]2CCNC[C@H]2F)cc2nc(CSC3CCOCC3)ncc12. The van der Waals surface area contributed by atoms with Gasteiger partial charge in [0.1, 0.15) is 23.6 Å². The molecule has 2 atom stereocenters. The van der Waals surface area contributed by atoms with Crippen LogP contribution in [0.5, 0.6) is 5.75 Å². The van der Waals surface area contributed by atoms with E-state index in [-0.39, 0.29) is 12.5 Å². The topological polar surface area (TPSA) is 56.3 Å². The van der Waals surface area contributed by atoms with Crippen LogP contribution >= 0.6 is 11.8 Å². The fraction of sp³-hybridized carbons (Fsp3) is 0.600. The molecule has 0 saturated carbocycles. The van der Waals surface area contributed by atoms with Crippen molar-refractivity contribution in [2.24, 2.45) is 5.92 Å². The van der Waals surface area contributed by atoms with Crippen LogP contribution in [0.2, 0.25) is 0 Å². The van der Waals surface area contributed by atoms with Crippen LogP contribution in [0.15, 0.2) is 18.3 Å². The lowest BCUT2D eigenvalue weighted by atomic mass is 9.97. The molecule has 1 N–H and O–H groups in total. The molecule has 8 heteroatoms. The van der Waals surface area contributed by atoms with Crippen LogP contribution in [0.4, 0.5) is 8.78 Å². The van der Waals surface area contributed by atoms with E-state index in [1.54, 1.807) is 6.07 Å². The lowest BCUT2D eigenvalue weighted by Crippen LogP contribution is -2.40. The van der Waals surface area contributed by atoms with Crippen molar-refractivity contribution in [3.05, 3.63) is 30.0 Å². The van der Waals surface area contributed by atoms with Gasteiger partial charge >= 0.3 is 0 Å². The third-order valence-corrected chi connectivity index (χ3v) is 6.66. The molecule has 2 aliphatic rings. The first kappa shape index (κ1) is 19.8. The van der Waals surface area contributed by atoms with Crippen LogP contribution in [0.1, 0.15) is 25.1 Å². The average Bonchev–Trinajstić information content (AvgIpc) is 2.72. The first-order chi connectivity index (χ1) is 13.7. The van der Waals surface area contributed by atoms with Gasteiger partial charge in [0.15, 0.2) is 0 Å². The number of thioether (sulfide) groups is 1. The maximum atomic E-state index is 14.4. The highest BCUT2D eigenvalue weighted by Gasteiger charge is 2.25. The molecule has 0 unspecified atom stereocenters. The Hall–Kier alpha value is -1.51. The van der Waals surface area contributed by atoms with Crippen molar-refractivity contribution in [2.75, 3.05) is 32.9 Å². The predicted molar refractivity (Wildman–Crippen MR) is 106 cm³/mol. The molecule has 1 aromatic carbocycles. The molecule has 4 rings (SSSR count). The molecule has 3 heterocycles. The third kappa shape index (κ3) is 4.90. The summed E-state index contributed by atoms with van der Waals surface area (Å²) in [5, 5.41) is 3.95. The van der Waals surface area contributed by atoms with Crippen LogP contribution in [0.25, 0.3) is 10.9 Å². The Morgan fingerprint density at radius 2 is 2.11 bits per heavy atom. The van der Waals surface area contributed by atoms with Gasteiger partial charge < -0.3 is 14.8 Å². The molecule has 0 amide bonds. The number of nitrogens with zero attached hydrogens (tertiary/aromatic N) is 2. The number of hydrogen-bond donors (Lipinski definition) is 1. The Balaban J connectivity index is 1.43. The molecule has 0 radical (unpaired) electrons. The fourth-order valence-electron chi connectivity index (χ4n) is 3.56. The maximum absolute atomic E-state index is 14.4. The number of aromatic nitrogens is 2. The molecule has 5 nitrogen and oxygen atoms in total. The van der Waals surface area contributed by atoms with E-state index in [1.807, 2.05) is 11.8 Å². The minimum Gasteiger partial charge on any atom is -0.493 e. The van der Waals surface area contributed by atoms with Gasteiger partial charge in [-0.2, -0.15) is 11.8 Å². The Labute approximate surface area is 167 Å². The summed E-state index contributed by atoms with van der Waals surface area (Å²) in [7, 11) is 0. The van der Waals surface area contributed by atoms with Gasteiger partial charge in [0.2, 0.25) is 0 Å². The second kappa shape index (κ2) is 9.33. The van der Waals surface area contributed by atoms with Gasteiger partial charge in [0, 0.05) is 49.3 Å². The summed E-state index contributed by atoms with van der Waals surface area (Å²) < 4.78 is 39.5. The summed E-state index contributed by atoms with van der Waals surface area (Å²) in [6.45, 7) is 2.98. The van der Waals surface area contributed by atoms with Gasteiger partial charge in [-0.05, 0) is 25.8 Å². The highest BCUT2D eigenvalue weighted by atomic mass is 32.2. The normalized spacial score (nSPS) is 23.8. The highest BCUT2D eigenvalue weighted by Crippen LogP contribution is 2.27. The van der Waals surface area contributed by atoms with Gasteiger partial charge in [-0.3, -0.25) is 0 Å². The number of halogens is 2. The fourth-order valence-corrected chi connectivity index (χ4v) is 4.61. The smallest absolute Gasteiger partial charge is 0.138 e. The van der Waals surface area contributed by atoms with E-state index in [1.165, 1.54) is 12.3 Å². The maximum Gasteiger partial charge on any atom is 0.138 e. The Kier molecular flexibility index (Phi) is 6.59. The van der Waals surface area contributed by atoms with Crippen molar-refractivity contribution in [2.45, 2.75) is 36.4 Å². The van der Waals surface area contributed by atoms with Gasteiger partial charge in [-0.1, -0.05) is 0 Å². The quantitative estimate of drug-likeness (QED) is 0.788. The second-order valence-electron chi connectivity index (χ2n) is 7.33. The number of alkyl halides is 1. The number of benzene rings is 1. The van der Waals surface area contributed by atoms with E-state index in [0.717, 1.165) is 32.6 Å². The highest BCUT2D eigenvalue weighted by molar-refractivity contribution is 7.99. The molecule has 1 aromatic heterocycles. The van der Waals surface area contributed by atoms with Crippen molar-refractivity contribution in [3.8, 4) is 5.75 Å². The van der Waals surface area contributed by atoms with Gasteiger partial charge in [0.25, 0.3) is 0 Å². The number of fused-ring (bicyclic) bond motifs is 1. The predicted octanol–water partition coefficient (Wildman–Crippen LogP) is 3.51. The van der Waals surface area contributed by atoms with Gasteiger partial charge in [-0.15, -0.1) is 0 Å². The van der Waals surface area contributed by atoms with Crippen molar-refractivity contribution in [3.63, 3.8) is 0 Å². The molecule has 0 spiro atoms. The zero-order chi connectivity index (χ0) is 19.3. The largest absolute Gasteiger partial charge is 0.493 e. The summed E-state index contributed by atoms with van der Waals surface area (Å²) in [6.07, 6.45) is 3.39. The zero-order valence-corrected chi connectivity index (χ0v) is 16.5. The summed E-state index contributed by atoms with van der Waals surface area (Å²) in [4.78, 5) is 8.83. The Morgan fingerprint density at radius 3 is 2.93 bits per heavy atom. The van der Waals surface area contributed by atoms with Crippen LogP contribution in [0.3, 0.4) is 0 Å². The van der Waals surface area contributed by atoms with Crippen LogP contribution < -0.4 is 10.1 Å². The van der Waals surface area contributed by atoms with E-state index in [4.69, 9.17) is 9.47 Å². The van der Waals surface area contributed by atoms with Gasteiger partial charge in [-0.25, -0.2) is 18.7 Å². The van der Waals surface area contributed by atoms with E-state index >= 15 is 0 Å². The standard InChI is InChI=1S/C20H25F2N3O2S/c21-17-7-14(27-11-13-1-4-23-10-18(13)22)8-19-16(17)9-24-20(25-19)12-28-15-2-5-26-6-3-15/h7-9,13,15,18,23H,1-6,10-12H2/t13-,18+/m0/s1. The van der Waals surface area contributed by atoms with Crippen molar-refractivity contribution in [1.29, 1.82) is 0 Å². The molecule has 28 heavy (non-hydrogen) atoms. The lowest BCUT2D eigenvalue weighted by molar-refractivity contribution is 0.1000. The first-order valence-electron chi connectivity index (χ1n) is 9.81. The molecule has 2 aromatic rings. The summed E-state index contributed by atoms with van der Waals surface area (Å²) in [5.74, 6) is 1.17. The molecule has 2 aliphatic heterocycles. The molecule has 152 valence electrons.